The second kappa shape index (κ2) is 5.21. The zero-order chi connectivity index (χ0) is 14.2. The van der Waals surface area contributed by atoms with Crippen LogP contribution in [0.1, 0.15) is 43.9 Å². The third-order valence-electron chi connectivity index (χ3n) is 4.00. The Kier molecular flexibility index (Phi) is 3.55. The van der Waals surface area contributed by atoms with E-state index in [1.165, 1.54) is 5.56 Å². The molecule has 1 aromatic carbocycles. The number of alkyl halides is 1. The van der Waals surface area contributed by atoms with E-state index in [1.807, 2.05) is 0 Å². The lowest BCUT2D eigenvalue weighted by atomic mass is 9.95. The molecule has 0 aliphatic heterocycles. The van der Waals surface area contributed by atoms with Gasteiger partial charge in [-0.15, -0.1) is 21.8 Å². The maximum atomic E-state index is 6.02. The summed E-state index contributed by atoms with van der Waals surface area (Å²) in [6, 6.07) is 10.6. The lowest BCUT2D eigenvalue weighted by Crippen LogP contribution is -2.19. The van der Waals surface area contributed by atoms with E-state index < -0.39 is 0 Å². The second-order valence-electron chi connectivity index (χ2n) is 6.03. The van der Waals surface area contributed by atoms with Crippen LogP contribution in [-0.2, 0) is 17.8 Å². The summed E-state index contributed by atoms with van der Waals surface area (Å²) in [4.78, 5) is 0. The zero-order valence-electron chi connectivity index (χ0n) is 12.0. The normalized spacial score (nSPS) is 16.6. The molecule has 1 saturated carbocycles. The Balaban J connectivity index is 2.04. The fourth-order valence-electron chi connectivity index (χ4n) is 2.87. The smallest absolute Gasteiger partial charge is 0.148 e. The maximum absolute atomic E-state index is 6.02. The SMILES string of the molecule is CC(C)Cn1c(CCl)nnc1C1(c2ccccc2)CC1. The highest BCUT2D eigenvalue weighted by Crippen LogP contribution is 2.52. The van der Waals surface area contributed by atoms with E-state index in [-0.39, 0.29) is 5.41 Å². The van der Waals surface area contributed by atoms with Crippen molar-refractivity contribution in [3.63, 3.8) is 0 Å². The first-order valence-corrected chi connectivity index (χ1v) is 7.75. The Morgan fingerprint density at radius 3 is 2.45 bits per heavy atom. The number of rotatable bonds is 5. The Bertz CT molecular complexity index is 585. The molecule has 0 unspecified atom stereocenters. The summed E-state index contributed by atoms with van der Waals surface area (Å²) in [5.41, 5.74) is 1.41. The largest absolute Gasteiger partial charge is 0.313 e. The third-order valence-corrected chi connectivity index (χ3v) is 4.24. The van der Waals surface area contributed by atoms with Crippen molar-refractivity contribution in [3.05, 3.63) is 47.5 Å². The lowest BCUT2D eigenvalue weighted by molar-refractivity contribution is 0.485. The average Bonchev–Trinajstić information content (AvgIpc) is 3.16. The number of nitrogens with zero attached hydrogens (tertiary/aromatic N) is 3. The van der Waals surface area contributed by atoms with Crippen molar-refractivity contribution >= 4 is 11.6 Å². The van der Waals surface area contributed by atoms with Gasteiger partial charge >= 0.3 is 0 Å². The van der Waals surface area contributed by atoms with E-state index >= 15 is 0 Å². The first-order valence-electron chi connectivity index (χ1n) is 7.21. The van der Waals surface area contributed by atoms with Crippen LogP contribution in [-0.4, -0.2) is 14.8 Å². The van der Waals surface area contributed by atoms with Crippen molar-refractivity contribution in [1.82, 2.24) is 14.8 Å². The molecule has 1 heterocycles. The summed E-state index contributed by atoms with van der Waals surface area (Å²) in [5, 5.41) is 8.78. The summed E-state index contributed by atoms with van der Waals surface area (Å²) in [6.45, 7) is 5.35. The highest BCUT2D eigenvalue weighted by Gasteiger charge is 2.50. The van der Waals surface area contributed by atoms with Gasteiger partial charge in [0.25, 0.3) is 0 Å². The Hall–Kier alpha value is -1.35. The molecule has 1 fully saturated rings. The molecular weight excluding hydrogens is 270 g/mol. The second-order valence-corrected chi connectivity index (χ2v) is 6.29. The van der Waals surface area contributed by atoms with Crippen LogP contribution in [0.25, 0.3) is 0 Å². The van der Waals surface area contributed by atoms with Crippen LogP contribution in [0.5, 0.6) is 0 Å². The number of benzene rings is 1. The molecule has 106 valence electrons. The molecule has 1 aromatic heterocycles. The van der Waals surface area contributed by atoms with Crippen LogP contribution in [0.3, 0.4) is 0 Å². The maximum Gasteiger partial charge on any atom is 0.148 e. The minimum absolute atomic E-state index is 0.0630. The molecule has 0 amide bonds. The molecule has 0 bridgehead atoms. The van der Waals surface area contributed by atoms with Gasteiger partial charge in [0, 0.05) is 6.54 Å². The Labute approximate surface area is 125 Å². The van der Waals surface area contributed by atoms with Crippen molar-refractivity contribution in [1.29, 1.82) is 0 Å². The van der Waals surface area contributed by atoms with E-state index in [1.54, 1.807) is 0 Å². The third kappa shape index (κ3) is 2.24. The van der Waals surface area contributed by atoms with E-state index in [0.717, 1.165) is 31.0 Å². The van der Waals surface area contributed by atoms with Gasteiger partial charge in [0.1, 0.15) is 11.6 Å². The van der Waals surface area contributed by atoms with Gasteiger partial charge in [0.2, 0.25) is 0 Å². The molecule has 0 radical (unpaired) electrons. The van der Waals surface area contributed by atoms with E-state index in [9.17, 15) is 0 Å². The standard InChI is InChI=1S/C16H20ClN3/c1-12(2)11-20-14(10-17)18-19-15(20)16(8-9-16)13-6-4-3-5-7-13/h3-7,12H,8-11H2,1-2H3. The van der Waals surface area contributed by atoms with Gasteiger partial charge in [-0.2, -0.15) is 0 Å². The van der Waals surface area contributed by atoms with Crippen molar-refractivity contribution in [2.45, 2.75) is 44.5 Å². The van der Waals surface area contributed by atoms with Crippen LogP contribution in [0, 0.1) is 5.92 Å². The first kappa shape index (κ1) is 13.6. The molecule has 0 N–H and O–H groups in total. The van der Waals surface area contributed by atoms with E-state index in [4.69, 9.17) is 11.6 Å². The molecular formula is C16H20ClN3. The molecule has 20 heavy (non-hydrogen) atoms. The predicted octanol–water partition coefficient (Wildman–Crippen LogP) is 3.75. The molecule has 0 spiro atoms. The predicted molar refractivity (Wildman–Crippen MR) is 80.9 cm³/mol. The Morgan fingerprint density at radius 2 is 1.90 bits per heavy atom. The quantitative estimate of drug-likeness (QED) is 0.785. The summed E-state index contributed by atoms with van der Waals surface area (Å²) in [5.74, 6) is 2.95. The summed E-state index contributed by atoms with van der Waals surface area (Å²) >= 11 is 6.02. The fraction of sp³-hybridized carbons (Fsp3) is 0.500. The number of hydrogen-bond acceptors (Lipinski definition) is 2. The van der Waals surface area contributed by atoms with Crippen molar-refractivity contribution in [2.24, 2.45) is 5.92 Å². The minimum Gasteiger partial charge on any atom is -0.313 e. The van der Waals surface area contributed by atoms with Crippen LogP contribution in [0.4, 0.5) is 0 Å². The summed E-state index contributed by atoms with van der Waals surface area (Å²) in [7, 11) is 0. The topological polar surface area (TPSA) is 30.7 Å². The van der Waals surface area contributed by atoms with Gasteiger partial charge in [0.05, 0.1) is 11.3 Å². The molecule has 1 aliphatic carbocycles. The highest BCUT2D eigenvalue weighted by molar-refractivity contribution is 6.16. The Morgan fingerprint density at radius 1 is 1.20 bits per heavy atom. The van der Waals surface area contributed by atoms with Gasteiger partial charge in [-0.25, -0.2) is 0 Å². The van der Waals surface area contributed by atoms with Crippen LogP contribution in [0.2, 0.25) is 0 Å². The van der Waals surface area contributed by atoms with Gasteiger partial charge < -0.3 is 4.57 Å². The van der Waals surface area contributed by atoms with Gasteiger partial charge in [0.15, 0.2) is 0 Å². The zero-order valence-corrected chi connectivity index (χ0v) is 12.8. The molecule has 3 rings (SSSR count). The van der Waals surface area contributed by atoms with Gasteiger partial charge in [-0.1, -0.05) is 44.2 Å². The molecule has 0 atom stereocenters. The van der Waals surface area contributed by atoms with Crippen molar-refractivity contribution in [3.8, 4) is 0 Å². The average molecular weight is 290 g/mol. The van der Waals surface area contributed by atoms with Gasteiger partial charge in [-0.05, 0) is 24.3 Å². The van der Waals surface area contributed by atoms with E-state index in [0.29, 0.717) is 11.8 Å². The molecule has 1 aliphatic rings. The number of halogens is 1. The van der Waals surface area contributed by atoms with Crippen molar-refractivity contribution < 1.29 is 0 Å². The van der Waals surface area contributed by atoms with Crippen molar-refractivity contribution in [2.75, 3.05) is 0 Å². The van der Waals surface area contributed by atoms with Crippen LogP contribution in [0.15, 0.2) is 30.3 Å². The summed E-state index contributed by atoms with van der Waals surface area (Å²) < 4.78 is 2.23. The highest BCUT2D eigenvalue weighted by atomic mass is 35.5. The minimum atomic E-state index is 0.0630. The molecule has 2 aromatic rings. The van der Waals surface area contributed by atoms with Crippen LogP contribution < -0.4 is 0 Å². The summed E-state index contributed by atoms with van der Waals surface area (Å²) in [6.07, 6.45) is 2.30. The molecule has 4 heteroatoms. The molecule has 3 nitrogen and oxygen atoms in total. The monoisotopic (exact) mass is 289 g/mol. The van der Waals surface area contributed by atoms with Crippen LogP contribution >= 0.6 is 11.6 Å². The lowest BCUT2D eigenvalue weighted by Gasteiger charge is -2.19. The van der Waals surface area contributed by atoms with E-state index in [2.05, 4.69) is 58.9 Å². The number of hydrogen-bond donors (Lipinski definition) is 0. The fourth-order valence-corrected chi connectivity index (χ4v) is 3.07. The number of aromatic nitrogens is 3. The molecule has 0 saturated heterocycles. The van der Waals surface area contributed by atoms with Gasteiger partial charge in [-0.3, -0.25) is 0 Å². The first-order chi connectivity index (χ1) is 9.67.